The van der Waals surface area contributed by atoms with Crippen molar-refractivity contribution in [2.45, 2.75) is 25.4 Å². The van der Waals surface area contributed by atoms with E-state index in [1.165, 1.54) is 13.3 Å². The van der Waals surface area contributed by atoms with Crippen LogP contribution >= 0.6 is 0 Å². The fourth-order valence-electron chi connectivity index (χ4n) is 5.08. The lowest BCUT2D eigenvalue weighted by atomic mass is 10.1. The summed E-state index contributed by atoms with van der Waals surface area (Å²) in [7, 11) is 3.38. The van der Waals surface area contributed by atoms with Gasteiger partial charge in [-0.3, -0.25) is 0 Å². The Hall–Kier alpha value is -4.24. The van der Waals surface area contributed by atoms with Crippen LogP contribution in [0, 0.1) is 0 Å². The topological polar surface area (TPSA) is 86.8 Å². The summed E-state index contributed by atoms with van der Waals surface area (Å²) in [5, 5.41) is 5.52. The lowest BCUT2D eigenvalue weighted by Crippen LogP contribution is -2.20. The van der Waals surface area contributed by atoms with Crippen molar-refractivity contribution < 1.29 is 14.3 Å². The molecule has 5 aromatic rings. The molecule has 6 rings (SSSR count). The number of pyridine rings is 1. The molecule has 1 saturated heterocycles. The maximum atomic E-state index is 12.6. The Morgan fingerprint density at radius 2 is 1.95 bits per heavy atom. The third-order valence-corrected chi connectivity index (χ3v) is 6.96. The molecule has 0 bridgehead atoms. The SMILES string of the molecule is COC(=O)c1cnn2c(N(C)Cc3ccccc3)cc(-c3cn(C4CCOCC4)c4ncccc34)nc12. The molecule has 5 heterocycles. The van der Waals surface area contributed by atoms with Crippen LogP contribution in [0.4, 0.5) is 5.82 Å². The number of carbonyl (C=O) groups excluding carboxylic acids is 1. The van der Waals surface area contributed by atoms with Crippen LogP contribution in [0.15, 0.2) is 67.1 Å². The number of carbonyl (C=O) groups is 1. The van der Waals surface area contributed by atoms with Crippen molar-refractivity contribution in [3.8, 4) is 11.3 Å². The molecule has 188 valence electrons. The van der Waals surface area contributed by atoms with Crippen molar-refractivity contribution in [3.05, 3.63) is 78.2 Å². The fourth-order valence-corrected chi connectivity index (χ4v) is 5.08. The number of aromatic nitrogens is 5. The second-order valence-electron chi connectivity index (χ2n) is 9.29. The number of fused-ring (bicyclic) bond motifs is 2. The molecule has 1 aliphatic heterocycles. The minimum absolute atomic E-state index is 0.310. The zero-order chi connectivity index (χ0) is 25.4. The van der Waals surface area contributed by atoms with Gasteiger partial charge in [0.05, 0.1) is 19.0 Å². The van der Waals surface area contributed by atoms with Gasteiger partial charge < -0.3 is 18.9 Å². The number of rotatable bonds is 6. The largest absolute Gasteiger partial charge is 0.465 e. The van der Waals surface area contributed by atoms with Crippen molar-refractivity contribution in [2.24, 2.45) is 0 Å². The van der Waals surface area contributed by atoms with E-state index in [2.05, 4.69) is 39.0 Å². The minimum Gasteiger partial charge on any atom is -0.465 e. The van der Waals surface area contributed by atoms with Gasteiger partial charge in [0, 0.05) is 62.3 Å². The molecule has 9 heteroatoms. The van der Waals surface area contributed by atoms with E-state index in [0.29, 0.717) is 23.8 Å². The van der Waals surface area contributed by atoms with Gasteiger partial charge in [-0.05, 0) is 30.5 Å². The van der Waals surface area contributed by atoms with E-state index >= 15 is 0 Å². The average molecular weight is 497 g/mol. The van der Waals surface area contributed by atoms with E-state index in [-0.39, 0.29) is 0 Å². The summed E-state index contributed by atoms with van der Waals surface area (Å²) in [6.45, 7) is 2.14. The number of anilines is 1. The molecule has 0 radical (unpaired) electrons. The number of nitrogens with zero attached hydrogens (tertiary/aromatic N) is 6. The van der Waals surface area contributed by atoms with Gasteiger partial charge in [0.15, 0.2) is 5.65 Å². The summed E-state index contributed by atoms with van der Waals surface area (Å²) in [6.07, 6.45) is 7.36. The predicted octanol–water partition coefficient (Wildman–Crippen LogP) is 4.52. The van der Waals surface area contributed by atoms with Crippen LogP contribution in [0.2, 0.25) is 0 Å². The standard InChI is InChI=1S/C28H28N6O3/c1-32(17-19-7-4-3-5-8-19)25-15-24(31-27-22(28(35)36-2)16-30-34(25)27)23-18-33(20-10-13-37-14-11-20)26-21(23)9-6-12-29-26/h3-9,12,15-16,18,20H,10-11,13-14,17H2,1-2H3. The summed E-state index contributed by atoms with van der Waals surface area (Å²) in [5.74, 6) is 0.345. The molecule has 1 aromatic carbocycles. The predicted molar refractivity (Wildman–Crippen MR) is 141 cm³/mol. The Bertz CT molecular complexity index is 1570. The third kappa shape index (κ3) is 4.21. The normalized spacial score (nSPS) is 14.3. The van der Waals surface area contributed by atoms with Crippen molar-refractivity contribution in [3.63, 3.8) is 0 Å². The molecule has 0 amide bonds. The van der Waals surface area contributed by atoms with Gasteiger partial charge in [-0.2, -0.15) is 9.61 Å². The molecule has 37 heavy (non-hydrogen) atoms. The van der Waals surface area contributed by atoms with Crippen LogP contribution in [0.3, 0.4) is 0 Å². The highest BCUT2D eigenvalue weighted by molar-refractivity contribution is 5.98. The highest BCUT2D eigenvalue weighted by Gasteiger charge is 2.24. The quantitative estimate of drug-likeness (QED) is 0.320. The Labute approximate surface area is 214 Å². The summed E-state index contributed by atoms with van der Waals surface area (Å²) in [6, 6.07) is 16.6. The maximum absolute atomic E-state index is 12.6. The molecule has 4 aromatic heterocycles. The van der Waals surface area contributed by atoms with Gasteiger partial charge >= 0.3 is 5.97 Å². The molecular weight excluding hydrogens is 468 g/mol. The van der Waals surface area contributed by atoms with Gasteiger partial charge in [-0.1, -0.05) is 30.3 Å². The molecule has 0 atom stereocenters. The molecule has 0 aliphatic carbocycles. The molecule has 0 unspecified atom stereocenters. The van der Waals surface area contributed by atoms with E-state index < -0.39 is 5.97 Å². The van der Waals surface area contributed by atoms with Crippen LogP contribution in [0.1, 0.15) is 34.8 Å². The average Bonchev–Trinajstić information content (AvgIpc) is 3.55. The van der Waals surface area contributed by atoms with E-state index in [4.69, 9.17) is 19.4 Å². The first-order chi connectivity index (χ1) is 18.1. The molecule has 9 nitrogen and oxygen atoms in total. The first-order valence-corrected chi connectivity index (χ1v) is 12.4. The smallest absolute Gasteiger partial charge is 0.343 e. The van der Waals surface area contributed by atoms with E-state index in [9.17, 15) is 4.79 Å². The van der Waals surface area contributed by atoms with E-state index in [1.54, 1.807) is 4.52 Å². The second-order valence-corrected chi connectivity index (χ2v) is 9.29. The molecular formula is C28H28N6O3. The summed E-state index contributed by atoms with van der Waals surface area (Å²) < 4.78 is 14.6. The molecule has 1 aliphatic rings. The number of hydrogen-bond acceptors (Lipinski definition) is 7. The van der Waals surface area contributed by atoms with E-state index in [0.717, 1.165) is 59.7 Å². The summed E-state index contributed by atoms with van der Waals surface area (Å²) >= 11 is 0. The van der Waals surface area contributed by atoms with Gasteiger partial charge in [-0.15, -0.1) is 0 Å². The van der Waals surface area contributed by atoms with Crippen LogP contribution in [0.5, 0.6) is 0 Å². The van der Waals surface area contributed by atoms with Crippen molar-refractivity contribution in [2.75, 3.05) is 32.3 Å². The zero-order valence-electron chi connectivity index (χ0n) is 20.9. The van der Waals surface area contributed by atoms with Crippen LogP contribution in [-0.2, 0) is 16.0 Å². The Balaban J connectivity index is 1.53. The Kier molecular flexibility index (Phi) is 6.05. The lowest BCUT2D eigenvalue weighted by molar-refractivity contribution is 0.0602. The highest BCUT2D eigenvalue weighted by atomic mass is 16.5. The van der Waals surface area contributed by atoms with Gasteiger partial charge in [-0.25, -0.2) is 14.8 Å². The van der Waals surface area contributed by atoms with Crippen LogP contribution in [-0.4, -0.2) is 57.5 Å². The zero-order valence-corrected chi connectivity index (χ0v) is 20.9. The first kappa shape index (κ1) is 23.2. The number of methoxy groups -OCH3 is 1. The second kappa shape index (κ2) is 9.67. The molecule has 0 spiro atoms. The minimum atomic E-state index is -0.470. The number of hydrogen-bond donors (Lipinski definition) is 0. The maximum Gasteiger partial charge on any atom is 0.343 e. The van der Waals surface area contributed by atoms with Gasteiger partial charge in [0.1, 0.15) is 17.0 Å². The van der Waals surface area contributed by atoms with Crippen molar-refractivity contribution >= 4 is 28.5 Å². The fraction of sp³-hybridized carbons (Fsp3) is 0.286. The van der Waals surface area contributed by atoms with Crippen molar-refractivity contribution in [1.82, 2.24) is 24.1 Å². The summed E-state index contributed by atoms with van der Waals surface area (Å²) in [5.41, 5.74) is 4.57. The lowest BCUT2D eigenvalue weighted by Gasteiger charge is -2.24. The molecule has 0 saturated carbocycles. The van der Waals surface area contributed by atoms with Crippen LogP contribution < -0.4 is 4.90 Å². The van der Waals surface area contributed by atoms with Gasteiger partial charge in [0.2, 0.25) is 0 Å². The Morgan fingerprint density at radius 3 is 2.73 bits per heavy atom. The number of ether oxygens (including phenoxy) is 2. The van der Waals surface area contributed by atoms with Gasteiger partial charge in [0.25, 0.3) is 0 Å². The first-order valence-electron chi connectivity index (χ1n) is 12.4. The number of benzene rings is 1. The Morgan fingerprint density at radius 1 is 1.14 bits per heavy atom. The number of esters is 1. The highest BCUT2D eigenvalue weighted by Crippen LogP contribution is 2.35. The molecule has 0 N–H and O–H groups in total. The monoisotopic (exact) mass is 496 g/mol. The van der Waals surface area contributed by atoms with Crippen LogP contribution in [0.25, 0.3) is 27.9 Å². The third-order valence-electron chi connectivity index (χ3n) is 6.96. The molecule has 1 fully saturated rings. The van der Waals surface area contributed by atoms with Crippen molar-refractivity contribution in [1.29, 1.82) is 0 Å². The van der Waals surface area contributed by atoms with E-state index in [1.807, 2.05) is 43.6 Å². The summed E-state index contributed by atoms with van der Waals surface area (Å²) in [4.78, 5) is 24.3.